The molecule has 0 spiro atoms. The number of nitrogens with two attached hydrogens (primary N) is 1. The summed E-state index contributed by atoms with van der Waals surface area (Å²) in [6.45, 7) is 3.79. The summed E-state index contributed by atoms with van der Waals surface area (Å²) in [7, 11) is 1.81. The average Bonchev–Trinajstić information content (AvgIpc) is 2.70. The van der Waals surface area contributed by atoms with Crippen molar-refractivity contribution in [1.29, 1.82) is 0 Å². The molecule has 108 valence electrons. The van der Waals surface area contributed by atoms with Crippen LogP contribution in [0.1, 0.15) is 34.6 Å². The quantitative estimate of drug-likeness (QED) is 0.913. The molecule has 3 N–H and O–H groups in total. The molecule has 0 aliphatic carbocycles. The average molecular weight is 295 g/mol. The highest BCUT2D eigenvalue weighted by atomic mass is 35.5. The molecular weight excluding hydrogens is 276 g/mol. The van der Waals surface area contributed by atoms with E-state index in [4.69, 9.17) is 5.73 Å². The smallest absolute Gasteiger partial charge is 0.259 e. The molecule has 0 saturated carbocycles. The lowest BCUT2D eigenvalue weighted by atomic mass is 10.1. The lowest BCUT2D eigenvalue weighted by Gasteiger charge is -2.08. The molecule has 0 aliphatic rings. The van der Waals surface area contributed by atoms with Crippen LogP contribution < -0.4 is 11.1 Å². The second-order valence-corrected chi connectivity index (χ2v) is 4.63. The maximum Gasteiger partial charge on any atom is 0.259 e. The number of nitrogens with zero attached hydrogens (tertiary/aromatic N) is 2. The zero-order valence-electron chi connectivity index (χ0n) is 11.8. The number of halogens is 1. The number of hydrogen-bond acceptors (Lipinski definition) is 3. The molecule has 1 aromatic carbocycles. The van der Waals surface area contributed by atoms with Gasteiger partial charge in [0.15, 0.2) is 0 Å². The fraction of sp³-hybridized carbons (Fsp3) is 0.286. The zero-order valence-corrected chi connectivity index (χ0v) is 12.6. The molecule has 2 aromatic rings. The van der Waals surface area contributed by atoms with Gasteiger partial charge < -0.3 is 11.1 Å². The van der Waals surface area contributed by atoms with E-state index in [0.717, 1.165) is 16.9 Å². The number of nitrogens with one attached hydrogen (secondary N) is 1. The van der Waals surface area contributed by atoms with Crippen LogP contribution in [-0.2, 0) is 7.05 Å². The van der Waals surface area contributed by atoms with E-state index in [9.17, 15) is 4.79 Å². The number of carbonyl (C=O) groups is 1. The Bertz CT molecular complexity index is 590. The molecule has 1 heterocycles. The van der Waals surface area contributed by atoms with E-state index in [2.05, 4.69) is 10.4 Å². The molecule has 0 aliphatic heterocycles. The Hall–Kier alpha value is -1.85. The minimum atomic E-state index is -0.154. The molecule has 0 saturated heterocycles. The van der Waals surface area contributed by atoms with Crippen molar-refractivity contribution in [2.24, 2.45) is 12.8 Å². The molecular formula is C14H19ClN4O. The van der Waals surface area contributed by atoms with Crippen LogP contribution in [-0.4, -0.2) is 15.7 Å². The first kappa shape index (κ1) is 16.2. The van der Waals surface area contributed by atoms with Crippen molar-refractivity contribution in [2.75, 3.05) is 5.32 Å². The van der Waals surface area contributed by atoms with E-state index in [1.807, 2.05) is 45.2 Å². The fourth-order valence-electron chi connectivity index (χ4n) is 1.79. The second kappa shape index (κ2) is 6.54. The van der Waals surface area contributed by atoms with Crippen molar-refractivity contribution in [3.05, 3.63) is 47.3 Å². The van der Waals surface area contributed by atoms with Crippen LogP contribution in [0.2, 0.25) is 0 Å². The lowest BCUT2D eigenvalue weighted by Crippen LogP contribution is -2.13. The first-order chi connectivity index (χ1) is 8.99. The van der Waals surface area contributed by atoms with E-state index in [0.29, 0.717) is 5.56 Å². The zero-order chi connectivity index (χ0) is 14.0. The van der Waals surface area contributed by atoms with Gasteiger partial charge in [-0.25, -0.2) is 0 Å². The maximum absolute atomic E-state index is 12.1. The number of carbonyl (C=O) groups excluding carboxylic acids is 1. The Morgan fingerprint density at radius 3 is 2.40 bits per heavy atom. The Labute approximate surface area is 124 Å². The highest BCUT2D eigenvalue weighted by Crippen LogP contribution is 2.15. The Kier molecular flexibility index (Phi) is 5.30. The molecule has 1 unspecified atom stereocenters. The fourth-order valence-corrected chi connectivity index (χ4v) is 1.79. The van der Waals surface area contributed by atoms with Gasteiger partial charge in [-0.1, -0.05) is 12.1 Å². The summed E-state index contributed by atoms with van der Waals surface area (Å²) >= 11 is 0. The summed E-state index contributed by atoms with van der Waals surface area (Å²) in [5.74, 6) is -0.154. The third-order valence-corrected chi connectivity index (χ3v) is 3.17. The van der Waals surface area contributed by atoms with Crippen LogP contribution >= 0.6 is 12.4 Å². The second-order valence-electron chi connectivity index (χ2n) is 4.63. The normalized spacial score (nSPS) is 11.6. The summed E-state index contributed by atoms with van der Waals surface area (Å²) in [5, 5.41) is 6.90. The SMILES string of the molecule is Cc1c(C(=O)Nc2ccc(C(C)N)cc2)cnn1C.Cl. The summed E-state index contributed by atoms with van der Waals surface area (Å²) < 4.78 is 1.67. The summed E-state index contributed by atoms with van der Waals surface area (Å²) in [5.41, 5.74) is 8.99. The van der Waals surface area contributed by atoms with Crippen molar-refractivity contribution in [3.63, 3.8) is 0 Å². The monoisotopic (exact) mass is 294 g/mol. The number of aryl methyl sites for hydroxylation is 1. The van der Waals surface area contributed by atoms with Gasteiger partial charge in [0, 0.05) is 24.5 Å². The van der Waals surface area contributed by atoms with E-state index in [1.54, 1.807) is 10.9 Å². The topological polar surface area (TPSA) is 72.9 Å². The third-order valence-electron chi connectivity index (χ3n) is 3.17. The van der Waals surface area contributed by atoms with Crippen molar-refractivity contribution >= 4 is 24.0 Å². The van der Waals surface area contributed by atoms with Gasteiger partial charge in [0.1, 0.15) is 0 Å². The van der Waals surface area contributed by atoms with Gasteiger partial charge in [0.05, 0.1) is 11.8 Å². The molecule has 1 aromatic heterocycles. The minimum Gasteiger partial charge on any atom is -0.324 e. The van der Waals surface area contributed by atoms with E-state index < -0.39 is 0 Å². The Morgan fingerprint density at radius 2 is 1.95 bits per heavy atom. The summed E-state index contributed by atoms with van der Waals surface area (Å²) in [4.78, 5) is 12.1. The highest BCUT2D eigenvalue weighted by molar-refractivity contribution is 6.04. The number of hydrogen-bond donors (Lipinski definition) is 2. The van der Waals surface area contributed by atoms with Crippen molar-refractivity contribution in [3.8, 4) is 0 Å². The van der Waals surface area contributed by atoms with Crippen LogP contribution in [0.15, 0.2) is 30.5 Å². The van der Waals surface area contributed by atoms with Crippen LogP contribution in [0.4, 0.5) is 5.69 Å². The third kappa shape index (κ3) is 3.37. The van der Waals surface area contributed by atoms with Crippen LogP contribution in [0.25, 0.3) is 0 Å². The number of aromatic nitrogens is 2. The molecule has 0 fully saturated rings. The number of anilines is 1. The molecule has 0 bridgehead atoms. The Balaban J connectivity index is 0.00000200. The molecule has 2 rings (SSSR count). The number of benzene rings is 1. The molecule has 1 atom stereocenters. The van der Waals surface area contributed by atoms with Gasteiger partial charge in [0.25, 0.3) is 5.91 Å². The van der Waals surface area contributed by atoms with Crippen LogP contribution in [0, 0.1) is 6.92 Å². The first-order valence-corrected chi connectivity index (χ1v) is 6.14. The minimum absolute atomic E-state index is 0. The van der Waals surface area contributed by atoms with E-state index in [1.165, 1.54) is 0 Å². The largest absolute Gasteiger partial charge is 0.324 e. The molecule has 0 radical (unpaired) electrons. The van der Waals surface area contributed by atoms with E-state index in [-0.39, 0.29) is 24.4 Å². The van der Waals surface area contributed by atoms with Crippen molar-refractivity contribution < 1.29 is 4.79 Å². The van der Waals surface area contributed by atoms with Gasteiger partial charge in [-0.05, 0) is 31.5 Å². The van der Waals surface area contributed by atoms with Gasteiger partial charge in [0.2, 0.25) is 0 Å². The van der Waals surface area contributed by atoms with Crippen LogP contribution in [0.5, 0.6) is 0 Å². The first-order valence-electron chi connectivity index (χ1n) is 6.14. The number of amides is 1. The maximum atomic E-state index is 12.1. The summed E-state index contributed by atoms with van der Waals surface area (Å²) in [6, 6.07) is 7.52. The standard InChI is InChI=1S/C14H18N4O.ClH/c1-9(15)11-4-6-12(7-5-11)17-14(19)13-8-16-18(3)10(13)2;/h4-9H,15H2,1-3H3,(H,17,19);1H. The molecule has 1 amide bonds. The lowest BCUT2D eigenvalue weighted by molar-refractivity contribution is 0.102. The number of rotatable bonds is 3. The highest BCUT2D eigenvalue weighted by Gasteiger charge is 2.12. The predicted molar refractivity (Wildman–Crippen MR) is 82.2 cm³/mol. The summed E-state index contributed by atoms with van der Waals surface area (Å²) in [6.07, 6.45) is 1.57. The van der Waals surface area contributed by atoms with Gasteiger partial charge >= 0.3 is 0 Å². The van der Waals surface area contributed by atoms with Gasteiger partial charge in [-0.3, -0.25) is 9.48 Å². The molecule has 6 heteroatoms. The van der Waals surface area contributed by atoms with Gasteiger partial charge in [-0.15, -0.1) is 12.4 Å². The Morgan fingerprint density at radius 1 is 1.35 bits per heavy atom. The van der Waals surface area contributed by atoms with Crippen LogP contribution in [0.3, 0.4) is 0 Å². The van der Waals surface area contributed by atoms with E-state index >= 15 is 0 Å². The van der Waals surface area contributed by atoms with Crippen molar-refractivity contribution in [1.82, 2.24) is 9.78 Å². The molecule has 5 nitrogen and oxygen atoms in total. The predicted octanol–water partition coefficient (Wildman–Crippen LogP) is 2.42. The van der Waals surface area contributed by atoms with Gasteiger partial charge in [-0.2, -0.15) is 5.10 Å². The molecule has 20 heavy (non-hydrogen) atoms. The van der Waals surface area contributed by atoms with Crippen molar-refractivity contribution in [2.45, 2.75) is 19.9 Å².